The highest BCUT2D eigenvalue weighted by Gasteiger charge is 2.45. The lowest BCUT2D eigenvalue weighted by Gasteiger charge is -2.48. The normalized spacial score (nSPS) is 37.1. The number of methoxy groups -OCH3 is 2. The third-order valence-electron chi connectivity index (χ3n) is 7.40. The van der Waals surface area contributed by atoms with E-state index in [0.717, 1.165) is 18.3 Å². The van der Waals surface area contributed by atoms with Gasteiger partial charge in [-0.15, -0.1) is 0 Å². The van der Waals surface area contributed by atoms with Gasteiger partial charge in [-0.25, -0.2) is 0 Å². The Morgan fingerprint density at radius 1 is 0.792 bits per heavy atom. The van der Waals surface area contributed by atoms with Gasteiger partial charge in [0.15, 0.2) is 0 Å². The molecule has 2 heteroatoms. The molecule has 0 aromatic carbocycles. The molecule has 134 valence electrons. The first kappa shape index (κ1) is 16.7. The van der Waals surface area contributed by atoms with Crippen molar-refractivity contribution in [2.24, 2.45) is 17.8 Å². The molecule has 24 heavy (non-hydrogen) atoms. The number of ether oxygens (including phenoxy) is 2. The number of fused-ring (bicyclic) bond motifs is 1. The highest BCUT2D eigenvalue weighted by atomic mass is 16.5. The number of rotatable bonds is 3. The fourth-order valence-electron chi connectivity index (χ4n) is 6.30. The molecule has 4 rings (SSSR count). The zero-order valence-electron chi connectivity index (χ0n) is 15.6. The highest BCUT2D eigenvalue weighted by Crippen LogP contribution is 2.52. The first-order valence-electron chi connectivity index (χ1n) is 10.3. The van der Waals surface area contributed by atoms with Crippen molar-refractivity contribution in [3.63, 3.8) is 0 Å². The van der Waals surface area contributed by atoms with E-state index in [1.807, 2.05) is 14.2 Å². The van der Waals surface area contributed by atoms with Crippen LogP contribution in [-0.4, -0.2) is 20.3 Å². The summed E-state index contributed by atoms with van der Waals surface area (Å²) in [6.07, 6.45) is 16.4. The lowest BCUT2D eigenvalue weighted by atomic mass is 9.60. The molecule has 2 saturated carbocycles. The second kappa shape index (κ2) is 7.23. The lowest BCUT2D eigenvalue weighted by Crippen LogP contribution is -2.43. The smallest absolute Gasteiger partial charge is 0.0997 e. The molecule has 0 bridgehead atoms. The first-order valence-corrected chi connectivity index (χ1v) is 10.3. The summed E-state index contributed by atoms with van der Waals surface area (Å²) in [4.78, 5) is 0. The number of allylic oxidation sites excluding steroid dienone is 3. The molecule has 0 radical (unpaired) electrons. The quantitative estimate of drug-likeness (QED) is 0.653. The van der Waals surface area contributed by atoms with E-state index in [9.17, 15) is 0 Å². The van der Waals surface area contributed by atoms with Crippen LogP contribution in [0.25, 0.3) is 0 Å². The topological polar surface area (TPSA) is 18.5 Å². The summed E-state index contributed by atoms with van der Waals surface area (Å²) >= 11 is 0. The largest absolute Gasteiger partial charge is 0.501 e. The van der Waals surface area contributed by atoms with Gasteiger partial charge in [0.2, 0.25) is 0 Å². The van der Waals surface area contributed by atoms with E-state index in [1.165, 1.54) is 76.4 Å². The van der Waals surface area contributed by atoms with Gasteiger partial charge in [0, 0.05) is 19.4 Å². The van der Waals surface area contributed by atoms with Crippen molar-refractivity contribution in [2.75, 3.05) is 14.2 Å². The molecule has 4 atom stereocenters. The average Bonchev–Trinajstić information content (AvgIpc) is 2.66. The maximum Gasteiger partial charge on any atom is 0.0997 e. The molecule has 4 aliphatic carbocycles. The summed E-state index contributed by atoms with van der Waals surface area (Å²) in [5, 5.41) is 0. The lowest BCUT2D eigenvalue weighted by molar-refractivity contribution is -0.0266. The van der Waals surface area contributed by atoms with Gasteiger partial charge in [-0.2, -0.15) is 0 Å². The molecule has 2 nitrogen and oxygen atoms in total. The molecule has 0 aromatic heterocycles. The Bertz CT molecular complexity index is 530. The van der Waals surface area contributed by atoms with Crippen molar-refractivity contribution in [1.29, 1.82) is 0 Å². The molecule has 0 aliphatic heterocycles. The van der Waals surface area contributed by atoms with Crippen LogP contribution in [0.4, 0.5) is 0 Å². The van der Waals surface area contributed by atoms with Crippen molar-refractivity contribution in [3.05, 3.63) is 22.5 Å². The molecule has 4 unspecified atom stereocenters. The Kier molecular flexibility index (Phi) is 5.03. The summed E-state index contributed by atoms with van der Waals surface area (Å²) in [5.74, 6) is 3.64. The van der Waals surface area contributed by atoms with Crippen molar-refractivity contribution >= 4 is 0 Å². The molecule has 2 fully saturated rings. The van der Waals surface area contributed by atoms with E-state index in [4.69, 9.17) is 9.47 Å². The van der Waals surface area contributed by atoms with Gasteiger partial charge in [0.05, 0.1) is 19.0 Å². The molecule has 0 N–H and O–H groups in total. The minimum Gasteiger partial charge on any atom is -0.501 e. The van der Waals surface area contributed by atoms with Crippen LogP contribution in [0.1, 0.15) is 77.0 Å². The fraction of sp³-hybridized carbons (Fsp3) is 0.818. The number of hydrogen-bond acceptors (Lipinski definition) is 2. The predicted octanol–water partition coefficient (Wildman–Crippen LogP) is 5.78. The Morgan fingerprint density at radius 2 is 1.62 bits per heavy atom. The third-order valence-corrected chi connectivity index (χ3v) is 7.40. The Hall–Kier alpha value is -0.760. The SMILES string of the molecule is COC1=C(C2C(OC)CCC3CCCCC32)C2=C(CCCC2)CC1. The van der Waals surface area contributed by atoms with E-state index in [-0.39, 0.29) is 0 Å². The van der Waals surface area contributed by atoms with E-state index in [1.54, 1.807) is 16.7 Å². The molecular formula is C22H34O2. The maximum atomic E-state index is 6.07. The van der Waals surface area contributed by atoms with E-state index in [2.05, 4.69) is 0 Å². The van der Waals surface area contributed by atoms with Gasteiger partial charge in [0.25, 0.3) is 0 Å². The van der Waals surface area contributed by atoms with Crippen LogP contribution < -0.4 is 0 Å². The molecular weight excluding hydrogens is 296 g/mol. The van der Waals surface area contributed by atoms with Gasteiger partial charge in [-0.05, 0) is 74.3 Å². The monoisotopic (exact) mass is 330 g/mol. The van der Waals surface area contributed by atoms with E-state index in [0.29, 0.717) is 12.0 Å². The molecule has 0 spiro atoms. The highest BCUT2D eigenvalue weighted by molar-refractivity contribution is 5.44. The summed E-state index contributed by atoms with van der Waals surface area (Å²) in [6.45, 7) is 0. The van der Waals surface area contributed by atoms with Crippen molar-refractivity contribution in [2.45, 2.75) is 83.2 Å². The van der Waals surface area contributed by atoms with Gasteiger partial charge >= 0.3 is 0 Å². The molecule has 0 aromatic rings. The van der Waals surface area contributed by atoms with Crippen LogP contribution >= 0.6 is 0 Å². The van der Waals surface area contributed by atoms with Gasteiger partial charge in [-0.3, -0.25) is 0 Å². The standard InChI is InChI=1S/C22H34O2/c1-23-19-13-11-15-7-3-5-9-17(15)21(19)22-18-10-6-4-8-16(18)12-14-20(22)24-2/h15,17,19,21H,3-14H2,1-2H3. The average molecular weight is 331 g/mol. The molecule has 4 aliphatic rings. The molecule has 0 amide bonds. The first-order chi connectivity index (χ1) is 11.8. The summed E-state index contributed by atoms with van der Waals surface area (Å²) in [6, 6.07) is 0. The van der Waals surface area contributed by atoms with E-state index >= 15 is 0 Å². The van der Waals surface area contributed by atoms with Crippen LogP contribution in [-0.2, 0) is 9.47 Å². The summed E-state index contributed by atoms with van der Waals surface area (Å²) in [7, 11) is 3.83. The van der Waals surface area contributed by atoms with Crippen LogP contribution in [0, 0.1) is 17.8 Å². The Labute approximate surface area is 147 Å². The second-order valence-corrected chi connectivity index (χ2v) is 8.42. The second-order valence-electron chi connectivity index (χ2n) is 8.42. The fourth-order valence-corrected chi connectivity index (χ4v) is 6.30. The zero-order valence-corrected chi connectivity index (χ0v) is 15.6. The van der Waals surface area contributed by atoms with Crippen molar-refractivity contribution < 1.29 is 9.47 Å². The van der Waals surface area contributed by atoms with Crippen LogP contribution in [0.3, 0.4) is 0 Å². The predicted molar refractivity (Wildman–Crippen MR) is 97.7 cm³/mol. The minimum absolute atomic E-state index is 0.401. The van der Waals surface area contributed by atoms with Gasteiger partial charge < -0.3 is 9.47 Å². The Morgan fingerprint density at radius 3 is 2.46 bits per heavy atom. The van der Waals surface area contributed by atoms with Gasteiger partial charge in [-0.1, -0.05) is 24.8 Å². The summed E-state index contributed by atoms with van der Waals surface area (Å²) in [5.41, 5.74) is 5.06. The van der Waals surface area contributed by atoms with Gasteiger partial charge in [0.1, 0.15) is 0 Å². The third kappa shape index (κ3) is 2.85. The molecule has 0 heterocycles. The van der Waals surface area contributed by atoms with Crippen molar-refractivity contribution in [3.8, 4) is 0 Å². The van der Waals surface area contributed by atoms with Crippen molar-refractivity contribution in [1.82, 2.24) is 0 Å². The van der Waals surface area contributed by atoms with Crippen LogP contribution in [0.15, 0.2) is 22.5 Å². The summed E-state index contributed by atoms with van der Waals surface area (Å²) < 4.78 is 12.0. The Balaban J connectivity index is 1.76. The maximum absolute atomic E-state index is 6.07. The van der Waals surface area contributed by atoms with E-state index < -0.39 is 0 Å². The zero-order chi connectivity index (χ0) is 16.5. The number of hydrogen-bond donors (Lipinski definition) is 0. The van der Waals surface area contributed by atoms with Crippen LogP contribution in [0.5, 0.6) is 0 Å². The van der Waals surface area contributed by atoms with Crippen LogP contribution in [0.2, 0.25) is 0 Å². The minimum atomic E-state index is 0.401. The molecule has 0 saturated heterocycles.